The summed E-state index contributed by atoms with van der Waals surface area (Å²) >= 11 is 3.41. The van der Waals surface area contributed by atoms with Gasteiger partial charge in [0.2, 0.25) is 0 Å². The fourth-order valence-electron chi connectivity index (χ4n) is 2.58. The van der Waals surface area contributed by atoms with Gasteiger partial charge >= 0.3 is 0 Å². The standard InChI is InChI=1S/C16H12BrF2NO/c17-11-3-6-15-10(8-11)2-1-7-20(15)16(21)13-5-4-12(18)9-14(13)19/h3-6,8-9H,1-2,7H2. The fourth-order valence-corrected chi connectivity index (χ4v) is 2.99. The van der Waals surface area contributed by atoms with Gasteiger partial charge in [-0.1, -0.05) is 15.9 Å². The first-order valence-electron chi connectivity index (χ1n) is 6.61. The second-order valence-corrected chi connectivity index (χ2v) is 5.87. The highest BCUT2D eigenvalue weighted by molar-refractivity contribution is 9.10. The summed E-state index contributed by atoms with van der Waals surface area (Å²) in [6, 6.07) is 8.70. The van der Waals surface area contributed by atoms with E-state index in [0.717, 1.165) is 40.7 Å². The van der Waals surface area contributed by atoms with Crippen molar-refractivity contribution in [3.05, 3.63) is 63.6 Å². The Bertz CT molecular complexity index is 717. The highest BCUT2D eigenvalue weighted by Crippen LogP contribution is 2.31. The van der Waals surface area contributed by atoms with Crippen LogP contribution in [0, 0.1) is 11.6 Å². The van der Waals surface area contributed by atoms with Gasteiger partial charge in [-0.3, -0.25) is 4.79 Å². The molecular weight excluding hydrogens is 340 g/mol. The van der Waals surface area contributed by atoms with Gasteiger partial charge in [0.25, 0.3) is 5.91 Å². The van der Waals surface area contributed by atoms with E-state index in [0.29, 0.717) is 6.54 Å². The average Bonchev–Trinajstić information content (AvgIpc) is 2.45. The van der Waals surface area contributed by atoms with Crippen molar-refractivity contribution in [2.24, 2.45) is 0 Å². The summed E-state index contributed by atoms with van der Waals surface area (Å²) in [5, 5.41) is 0. The molecule has 1 amide bonds. The molecule has 2 aromatic rings. The minimum atomic E-state index is -0.829. The third-order valence-electron chi connectivity index (χ3n) is 3.57. The fraction of sp³-hybridized carbons (Fsp3) is 0.188. The summed E-state index contributed by atoms with van der Waals surface area (Å²) in [7, 11) is 0. The molecule has 0 N–H and O–H groups in total. The molecule has 1 aliphatic rings. The molecule has 1 heterocycles. The third kappa shape index (κ3) is 2.70. The molecule has 0 fully saturated rings. The molecule has 0 radical (unpaired) electrons. The van der Waals surface area contributed by atoms with Crippen molar-refractivity contribution >= 4 is 27.5 Å². The monoisotopic (exact) mass is 351 g/mol. The van der Waals surface area contributed by atoms with Gasteiger partial charge < -0.3 is 4.90 Å². The van der Waals surface area contributed by atoms with Crippen LogP contribution in [-0.2, 0) is 6.42 Å². The maximum atomic E-state index is 13.8. The summed E-state index contributed by atoms with van der Waals surface area (Å²) < 4.78 is 27.7. The normalized spacial score (nSPS) is 14.0. The van der Waals surface area contributed by atoms with E-state index < -0.39 is 17.5 Å². The van der Waals surface area contributed by atoms with Crippen LogP contribution in [0.2, 0.25) is 0 Å². The first-order chi connectivity index (χ1) is 10.1. The number of amides is 1. The molecule has 21 heavy (non-hydrogen) atoms. The van der Waals surface area contributed by atoms with Crippen LogP contribution in [-0.4, -0.2) is 12.5 Å². The lowest BCUT2D eigenvalue weighted by atomic mass is 10.0. The summed E-state index contributed by atoms with van der Waals surface area (Å²) in [4.78, 5) is 14.1. The Hall–Kier alpha value is -1.75. The summed E-state index contributed by atoms with van der Waals surface area (Å²) in [6.45, 7) is 0.532. The lowest BCUT2D eigenvalue weighted by molar-refractivity contribution is 0.0981. The smallest absolute Gasteiger partial charge is 0.261 e. The minimum absolute atomic E-state index is 0.104. The number of rotatable bonds is 1. The number of anilines is 1. The zero-order chi connectivity index (χ0) is 15.0. The second kappa shape index (κ2) is 5.56. The van der Waals surface area contributed by atoms with Crippen LogP contribution < -0.4 is 4.90 Å². The Morgan fingerprint density at radius 1 is 1.14 bits per heavy atom. The molecule has 1 aliphatic heterocycles. The van der Waals surface area contributed by atoms with Gasteiger partial charge in [0.1, 0.15) is 11.6 Å². The van der Waals surface area contributed by atoms with Crippen molar-refractivity contribution in [2.75, 3.05) is 11.4 Å². The highest BCUT2D eigenvalue weighted by Gasteiger charge is 2.25. The van der Waals surface area contributed by atoms with E-state index in [4.69, 9.17) is 0 Å². The van der Waals surface area contributed by atoms with Gasteiger partial charge in [0.05, 0.1) is 5.56 Å². The Balaban J connectivity index is 2.00. The van der Waals surface area contributed by atoms with Gasteiger partial charge in [-0.15, -0.1) is 0 Å². The first-order valence-corrected chi connectivity index (χ1v) is 7.41. The number of carbonyl (C=O) groups is 1. The van der Waals surface area contributed by atoms with Crippen LogP contribution in [0.1, 0.15) is 22.3 Å². The van der Waals surface area contributed by atoms with Crippen LogP contribution in [0.4, 0.5) is 14.5 Å². The van der Waals surface area contributed by atoms with E-state index in [1.807, 2.05) is 18.2 Å². The maximum absolute atomic E-state index is 13.8. The number of hydrogen-bond donors (Lipinski definition) is 0. The van der Waals surface area contributed by atoms with E-state index in [9.17, 15) is 13.6 Å². The van der Waals surface area contributed by atoms with Crippen LogP contribution in [0.25, 0.3) is 0 Å². The van der Waals surface area contributed by atoms with Crippen molar-refractivity contribution in [3.8, 4) is 0 Å². The van der Waals surface area contributed by atoms with Crippen molar-refractivity contribution in [3.63, 3.8) is 0 Å². The summed E-state index contributed by atoms with van der Waals surface area (Å²) in [6.07, 6.45) is 1.70. The van der Waals surface area contributed by atoms with Gasteiger partial charge in [-0.25, -0.2) is 8.78 Å². The predicted molar refractivity (Wildman–Crippen MR) is 80.5 cm³/mol. The van der Waals surface area contributed by atoms with E-state index >= 15 is 0 Å². The van der Waals surface area contributed by atoms with Crippen molar-refractivity contribution in [1.29, 1.82) is 0 Å². The Labute approximate surface area is 129 Å². The molecule has 108 valence electrons. The summed E-state index contributed by atoms with van der Waals surface area (Å²) in [5.41, 5.74) is 1.73. The topological polar surface area (TPSA) is 20.3 Å². The number of nitrogens with zero attached hydrogens (tertiary/aromatic N) is 1. The van der Waals surface area contributed by atoms with Crippen molar-refractivity contribution in [2.45, 2.75) is 12.8 Å². The van der Waals surface area contributed by atoms with Gasteiger partial charge in [0, 0.05) is 22.8 Å². The SMILES string of the molecule is O=C(c1ccc(F)cc1F)N1CCCc2cc(Br)ccc21. The number of carbonyl (C=O) groups excluding carboxylic acids is 1. The number of aryl methyl sites for hydroxylation is 1. The lowest BCUT2D eigenvalue weighted by Gasteiger charge is -2.29. The van der Waals surface area contributed by atoms with Crippen LogP contribution >= 0.6 is 15.9 Å². The third-order valence-corrected chi connectivity index (χ3v) is 4.06. The van der Waals surface area contributed by atoms with Gasteiger partial charge in [-0.2, -0.15) is 0 Å². The van der Waals surface area contributed by atoms with Gasteiger partial charge in [-0.05, 0) is 48.7 Å². The molecule has 5 heteroatoms. The lowest BCUT2D eigenvalue weighted by Crippen LogP contribution is -2.36. The predicted octanol–water partition coefficient (Wildman–Crippen LogP) is 4.32. The van der Waals surface area contributed by atoms with Crippen molar-refractivity contribution < 1.29 is 13.6 Å². The van der Waals surface area contributed by atoms with Crippen LogP contribution in [0.15, 0.2) is 40.9 Å². The molecule has 0 aromatic heterocycles. The molecule has 0 bridgehead atoms. The molecule has 2 aromatic carbocycles. The Morgan fingerprint density at radius 3 is 2.71 bits per heavy atom. The highest BCUT2D eigenvalue weighted by atomic mass is 79.9. The second-order valence-electron chi connectivity index (χ2n) is 4.96. The Morgan fingerprint density at radius 2 is 1.95 bits per heavy atom. The van der Waals surface area contributed by atoms with E-state index in [1.54, 1.807) is 4.90 Å². The zero-order valence-electron chi connectivity index (χ0n) is 11.1. The summed E-state index contributed by atoms with van der Waals surface area (Å²) in [5.74, 6) is -1.95. The van der Waals surface area contributed by atoms with Crippen LogP contribution in [0.3, 0.4) is 0 Å². The molecule has 0 atom stereocenters. The van der Waals surface area contributed by atoms with E-state index in [1.165, 1.54) is 6.07 Å². The number of fused-ring (bicyclic) bond motifs is 1. The molecule has 0 saturated heterocycles. The zero-order valence-corrected chi connectivity index (χ0v) is 12.7. The molecule has 0 spiro atoms. The molecule has 0 unspecified atom stereocenters. The molecule has 2 nitrogen and oxygen atoms in total. The molecular formula is C16H12BrF2NO. The Kier molecular flexibility index (Phi) is 3.76. The largest absolute Gasteiger partial charge is 0.308 e. The first kappa shape index (κ1) is 14.2. The molecule has 0 aliphatic carbocycles. The molecule has 3 rings (SSSR count). The number of hydrogen-bond acceptors (Lipinski definition) is 1. The maximum Gasteiger partial charge on any atom is 0.261 e. The van der Waals surface area contributed by atoms with Gasteiger partial charge in [0.15, 0.2) is 0 Å². The molecule has 0 saturated carbocycles. The van der Waals surface area contributed by atoms with E-state index in [2.05, 4.69) is 15.9 Å². The number of benzene rings is 2. The minimum Gasteiger partial charge on any atom is -0.308 e. The number of halogens is 3. The quantitative estimate of drug-likeness (QED) is 0.749. The average molecular weight is 352 g/mol. The van der Waals surface area contributed by atoms with E-state index in [-0.39, 0.29) is 5.56 Å². The van der Waals surface area contributed by atoms with Crippen LogP contribution in [0.5, 0.6) is 0 Å². The van der Waals surface area contributed by atoms with Crippen molar-refractivity contribution in [1.82, 2.24) is 0 Å².